The topological polar surface area (TPSA) is 169 Å². The molecule has 4 amide bonds. The molecule has 4 aromatic rings. The van der Waals surface area contributed by atoms with Crippen molar-refractivity contribution >= 4 is 82.2 Å². The first kappa shape index (κ1) is 33.0. The minimum absolute atomic E-state index is 0.172. The molecule has 3 aromatic carbocycles. The van der Waals surface area contributed by atoms with Crippen molar-refractivity contribution in [2.75, 3.05) is 86.5 Å². The van der Waals surface area contributed by atoms with Gasteiger partial charge in [-0.15, -0.1) is 0 Å². The molecule has 1 atom stereocenters. The van der Waals surface area contributed by atoms with Gasteiger partial charge >= 0.3 is 0 Å². The molecule has 0 spiro atoms. The number of carbonyl (C=O) groups is 4. The van der Waals surface area contributed by atoms with E-state index in [4.69, 9.17) is 27.3 Å². The molecule has 4 aliphatic heterocycles. The highest BCUT2D eigenvalue weighted by Crippen LogP contribution is 2.40. The normalized spacial score (nSPS) is 24.2. The number of ether oxygens (including phenoxy) is 1. The van der Waals surface area contributed by atoms with Crippen molar-refractivity contribution in [1.29, 1.82) is 0 Å². The second-order valence-corrected chi connectivity index (χ2v) is 18.7. The van der Waals surface area contributed by atoms with Crippen LogP contribution in [-0.4, -0.2) is 115 Å². The van der Waals surface area contributed by atoms with Gasteiger partial charge in [0.2, 0.25) is 17.8 Å². The van der Waals surface area contributed by atoms with Crippen LogP contribution in [0.15, 0.2) is 54.7 Å². The van der Waals surface area contributed by atoms with Gasteiger partial charge in [-0.25, -0.2) is 13.8 Å². The van der Waals surface area contributed by atoms with Gasteiger partial charge in [-0.1, -0.05) is 23.7 Å². The van der Waals surface area contributed by atoms with Gasteiger partial charge in [0.25, 0.3) is 11.8 Å². The summed E-state index contributed by atoms with van der Waals surface area (Å²) in [5, 5.41) is 9.09. The summed E-state index contributed by atoms with van der Waals surface area (Å²) in [6, 6.07) is 11.3. The molecular weight excluding hydrogens is 831 g/mol. The molecule has 3 saturated heterocycles. The van der Waals surface area contributed by atoms with E-state index < -0.39 is 104 Å². The van der Waals surface area contributed by atoms with E-state index in [1.165, 1.54) is 13.3 Å². The van der Waals surface area contributed by atoms with Crippen molar-refractivity contribution in [3.8, 4) is 5.75 Å². The van der Waals surface area contributed by atoms with E-state index in [0.29, 0.717) is 64.2 Å². The minimum atomic E-state index is -3.66. The lowest BCUT2D eigenvalue weighted by Gasteiger charge is -2.40. The Bertz CT molecular complexity index is 2830. The van der Waals surface area contributed by atoms with Crippen LogP contribution in [0.3, 0.4) is 0 Å². The Morgan fingerprint density at radius 2 is 1.67 bits per heavy atom. The van der Waals surface area contributed by atoms with Crippen LogP contribution >= 0.6 is 18.7 Å². The number of nitrogens with one attached hydrogen (secondary N) is 3. The molecule has 320 valence electrons. The fourth-order valence-corrected chi connectivity index (χ4v) is 8.91. The fourth-order valence-electron chi connectivity index (χ4n) is 7.62. The molecular formula is C42H45ClF2N9O6P. The fraction of sp³-hybridized carbons (Fsp3) is 0.381. The minimum Gasteiger partial charge on any atom is -0.494 e. The maximum Gasteiger partial charge on any atom is 0.265 e. The number of hydrogen-bond acceptors (Lipinski definition) is 13. The van der Waals surface area contributed by atoms with E-state index in [1.54, 1.807) is 49.7 Å². The summed E-state index contributed by atoms with van der Waals surface area (Å²) < 4.78 is 122. The number of halogens is 3. The number of piperidine rings is 2. The van der Waals surface area contributed by atoms with Crippen LogP contribution in [0.25, 0.3) is 0 Å². The third kappa shape index (κ3) is 8.51. The molecule has 8 rings (SSSR count). The van der Waals surface area contributed by atoms with Gasteiger partial charge in [0.1, 0.15) is 24.0 Å². The van der Waals surface area contributed by atoms with E-state index in [0.717, 1.165) is 5.69 Å². The van der Waals surface area contributed by atoms with Crippen LogP contribution in [0, 0.1) is 17.6 Å². The van der Waals surface area contributed by atoms with E-state index in [9.17, 15) is 23.7 Å². The molecule has 0 bridgehead atoms. The van der Waals surface area contributed by atoms with Gasteiger partial charge in [-0.05, 0) is 68.8 Å². The molecule has 61 heavy (non-hydrogen) atoms. The number of hydrogen-bond donors (Lipinski definition) is 3. The van der Waals surface area contributed by atoms with Gasteiger partial charge in [0.15, 0.2) is 17.5 Å². The van der Waals surface area contributed by atoms with Crippen LogP contribution < -0.4 is 35.8 Å². The van der Waals surface area contributed by atoms with Crippen molar-refractivity contribution < 1.29 is 48.2 Å². The molecule has 5 heterocycles. The zero-order chi connectivity index (χ0) is 50.3. The van der Waals surface area contributed by atoms with Crippen LogP contribution in [0.1, 0.15) is 57.4 Å². The van der Waals surface area contributed by atoms with Gasteiger partial charge in [0.05, 0.1) is 47.0 Å². The Morgan fingerprint density at radius 3 is 2.38 bits per heavy atom. The number of methoxy groups -OCH3 is 1. The van der Waals surface area contributed by atoms with Gasteiger partial charge in [0, 0.05) is 74.6 Å². The SMILES string of the molecule is [2H]C1([2H])N(CC2CCN(c3ccc(Nc4ncc(Cl)c(Nc5ccccc5P(C)(C)=O)n4)c(OC)c3)CC2)C([2H])([2H])C([2H])([2H])N(c2cc3c(c(F)c2F)C(=O)N(C2CCC(=O)NC2=O)C3=O)C1([2H])[2H]. The number of benzene rings is 3. The molecule has 19 heteroatoms. The number of aromatic nitrogens is 2. The molecule has 3 fully saturated rings. The Balaban J connectivity index is 0.976. The average Bonchev–Trinajstić information content (AvgIpc) is 3.52. The van der Waals surface area contributed by atoms with Crippen LogP contribution in [0.5, 0.6) is 5.75 Å². The number of amides is 4. The van der Waals surface area contributed by atoms with E-state index in [1.807, 2.05) is 16.3 Å². The number of fused-ring (bicyclic) bond motifs is 1. The van der Waals surface area contributed by atoms with E-state index in [2.05, 4.69) is 20.6 Å². The highest BCUT2D eigenvalue weighted by atomic mass is 35.5. The molecule has 4 aliphatic rings. The average molecular weight is 884 g/mol. The number of carbonyl (C=O) groups excluding carboxylic acids is 4. The summed E-state index contributed by atoms with van der Waals surface area (Å²) >= 11 is 6.44. The predicted octanol–water partition coefficient (Wildman–Crippen LogP) is 5.59. The molecule has 1 unspecified atom stereocenters. The maximum absolute atomic E-state index is 16.1. The second-order valence-electron chi connectivity index (χ2n) is 15.1. The Kier molecular flexibility index (Phi) is 9.22. The molecule has 1 aromatic heterocycles. The highest BCUT2D eigenvalue weighted by molar-refractivity contribution is 7.70. The van der Waals surface area contributed by atoms with Crippen molar-refractivity contribution in [2.45, 2.75) is 31.7 Å². The van der Waals surface area contributed by atoms with Crippen molar-refractivity contribution in [2.24, 2.45) is 5.92 Å². The maximum atomic E-state index is 16.1. The smallest absolute Gasteiger partial charge is 0.265 e. The van der Waals surface area contributed by atoms with Crippen LogP contribution in [0.4, 0.5) is 43.3 Å². The van der Waals surface area contributed by atoms with Gasteiger partial charge in [-0.2, -0.15) is 4.98 Å². The summed E-state index contributed by atoms with van der Waals surface area (Å²) in [5.74, 6) is -8.27. The number of rotatable bonds is 11. The first-order valence-corrected chi connectivity index (χ1v) is 22.2. The third-order valence-electron chi connectivity index (χ3n) is 10.8. The third-order valence-corrected chi connectivity index (χ3v) is 12.6. The summed E-state index contributed by atoms with van der Waals surface area (Å²) in [6.45, 7) is -10.7. The quantitative estimate of drug-likeness (QED) is 0.126. The summed E-state index contributed by atoms with van der Waals surface area (Å²) in [7, 11) is -1.18. The summed E-state index contributed by atoms with van der Waals surface area (Å²) in [6.07, 6.45) is 1.42. The van der Waals surface area contributed by atoms with Gasteiger partial charge in [-0.3, -0.25) is 34.3 Å². The summed E-state index contributed by atoms with van der Waals surface area (Å²) in [5.41, 5.74) is -1.61. The molecule has 0 radical (unpaired) electrons. The number of imide groups is 2. The number of nitrogens with zero attached hydrogens (tertiary/aromatic N) is 6. The Hall–Kier alpha value is -5.64. The Morgan fingerprint density at radius 1 is 0.934 bits per heavy atom. The second kappa shape index (κ2) is 17.0. The highest BCUT2D eigenvalue weighted by Gasteiger charge is 2.47. The van der Waals surface area contributed by atoms with Crippen LogP contribution in [0.2, 0.25) is 5.02 Å². The van der Waals surface area contributed by atoms with Gasteiger partial charge < -0.3 is 29.7 Å². The standard InChI is InChI=1S/C42H45ClF2N9O6P/c1-60-32-20-25(8-9-28(32)48-42-46-22-27(43)38(50-42)47-29-6-4-5-7-33(29)61(2,3)59)52-14-12-24(13-15-52)23-51-16-18-53(19-17-51)31-21-26-35(37(45)36(31)44)41(58)54(40(26)57)30-10-11-34(55)49-39(30)56/h4-9,20-22,24,30H,10-19,23H2,1-3H3,(H,49,55,56)(H2,46,47,48,50)/i16D2,17D2,18D2,19D2. The molecule has 0 aliphatic carbocycles. The van der Waals surface area contributed by atoms with Crippen molar-refractivity contribution in [3.63, 3.8) is 0 Å². The molecule has 0 saturated carbocycles. The lowest BCUT2D eigenvalue weighted by atomic mass is 9.95. The van der Waals surface area contributed by atoms with E-state index >= 15 is 8.78 Å². The van der Waals surface area contributed by atoms with Crippen LogP contribution in [-0.2, 0) is 14.2 Å². The lowest BCUT2D eigenvalue weighted by molar-refractivity contribution is -0.136. The largest absolute Gasteiger partial charge is 0.494 e. The van der Waals surface area contributed by atoms with Crippen molar-refractivity contribution in [1.82, 2.24) is 25.1 Å². The zero-order valence-corrected chi connectivity index (χ0v) is 34.7. The number of anilines is 6. The lowest BCUT2D eigenvalue weighted by Crippen LogP contribution is -2.54. The Labute approximate surface area is 367 Å². The van der Waals surface area contributed by atoms with Crippen molar-refractivity contribution in [3.05, 3.63) is 82.5 Å². The monoisotopic (exact) mass is 883 g/mol. The summed E-state index contributed by atoms with van der Waals surface area (Å²) in [4.78, 5) is 62.5. The van der Waals surface area contributed by atoms with E-state index in [-0.39, 0.29) is 34.5 Å². The number of para-hydroxylation sites is 1. The predicted molar refractivity (Wildman–Crippen MR) is 229 cm³/mol. The molecule has 15 nitrogen and oxygen atoms in total. The number of piperazine rings is 1. The molecule has 3 N–H and O–H groups in total. The first-order valence-electron chi connectivity index (χ1n) is 23.2. The zero-order valence-electron chi connectivity index (χ0n) is 41.0. The first-order chi connectivity index (χ1) is 32.2.